The number of hydrogen-bond acceptors (Lipinski definition) is 6. The highest BCUT2D eigenvalue weighted by molar-refractivity contribution is 7.82. The Morgan fingerprint density at radius 3 is 2.50 bits per heavy atom. The van der Waals surface area contributed by atoms with Crippen molar-refractivity contribution in [1.29, 1.82) is 0 Å². The molecule has 0 saturated heterocycles. The number of benzene rings is 2. The molecule has 0 aliphatic heterocycles. The second-order valence-electron chi connectivity index (χ2n) is 7.50. The van der Waals surface area contributed by atoms with E-state index in [1.165, 1.54) is 12.3 Å². The summed E-state index contributed by atoms with van der Waals surface area (Å²) in [5.41, 5.74) is 1.15. The van der Waals surface area contributed by atoms with Crippen molar-refractivity contribution in [2.45, 2.75) is 31.2 Å². The minimum atomic E-state index is -2.37. The summed E-state index contributed by atoms with van der Waals surface area (Å²) in [5.74, 6) is 1.26. The van der Waals surface area contributed by atoms with Crippen LogP contribution in [0.4, 0.5) is 0 Å². The van der Waals surface area contributed by atoms with Crippen LogP contribution in [0.5, 0.6) is 11.6 Å². The van der Waals surface area contributed by atoms with Crippen molar-refractivity contribution >= 4 is 17.0 Å². The predicted octanol–water partition coefficient (Wildman–Crippen LogP) is 3.88. The molecule has 7 nitrogen and oxygen atoms in total. The highest BCUT2D eigenvalue weighted by Gasteiger charge is 2.29. The molecule has 1 N–H and O–H groups in total. The van der Waals surface area contributed by atoms with Crippen molar-refractivity contribution in [2.24, 2.45) is 0 Å². The topological polar surface area (TPSA) is 104 Å². The third-order valence-corrected chi connectivity index (χ3v) is 5.33. The molecule has 1 heterocycles. The molecule has 2 atom stereocenters. The second-order valence-corrected chi connectivity index (χ2v) is 8.29. The zero-order chi connectivity index (χ0) is 22.3. The van der Waals surface area contributed by atoms with E-state index in [0.717, 1.165) is 23.8 Å². The fraction of sp³-hybridized carbons (Fsp3) is 0.208. The maximum absolute atomic E-state index is 13.1. The highest BCUT2D eigenvalue weighted by atomic mass is 32.2. The molecule has 4 rings (SSSR count). The van der Waals surface area contributed by atoms with Gasteiger partial charge in [-0.25, -0.2) is 4.98 Å². The van der Waals surface area contributed by atoms with Crippen LogP contribution >= 0.6 is 0 Å². The molecule has 1 fully saturated rings. The summed E-state index contributed by atoms with van der Waals surface area (Å²) in [6.07, 6.45) is 5.39. The average molecular weight is 449 g/mol. The smallest absolute Gasteiger partial charge is 0.258 e. The van der Waals surface area contributed by atoms with Crippen LogP contribution in [-0.4, -0.2) is 30.7 Å². The lowest BCUT2D eigenvalue weighted by atomic mass is 10.1. The van der Waals surface area contributed by atoms with Crippen molar-refractivity contribution in [3.05, 3.63) is 95.3 Å². The monoisotopic (exact) mass is 448 g/mol. The van der Waals surface area contributed by atoms with E-state index < -0.39 is 23.0 Å². The van der Waals surface area contributed by atoms with Gasteiger partial charge in [-0.15, -0.1) is 0 Å². The fourth-order valence-electron chi connectivity index (χ4n) is 3.19. The molecule has 1 aromatic heterocycles. The van der Waals surface area contributed by atoms with Gasteiger partial charge < -0.3 is 14.6 Å². The summed E-state index contributed by atoms with van der Waals surface area (Å²) in [4.78, 5) is 22.0. The van der Waals surface area contributed by atoms with Crippen LogP contribution in [0.2, 0.25) is 0 Å². The number of ether oxygens (including phenoxy) is 1. The Bertz CT molecular complexity index is 1120. The maximum Gasteiger partial charge on any atom is 0.258 e. The molecule has 1 unspecified atom stereocenters. The SMILES string of the molecule is O=C(N[C@H](/C=C\S(=O)[O-])Cc1ccccc1)c1cnc(C2CC2)nc1Oc1ccccc1. The Morgan fingerprint density at radius 2 is 1.84 bits per heavy atom. The average Bonchev–Trinajstić information content (AvgIpc) is 3.64. The van der Waals surface area contributed by atoms with E-state index in [-0.39, 0.29) is 11.4 Å². The zero-order valence-electron chi connectivity index (χ0n) is 17.2. The first kappa shape index (κ1) is 21.9. The van der Waals surface area contributed by atoms with Crippen LogP contribution < -0.4 is 10.1 Å². The molecule has 1 saturated carbocycles. The largest absolute Gasteiger partial charge is 0.769 e. The normalized spacial score (nSPS) is 15.3. The van der Waals surface area contributed by atoms with Gasteiger partial charge in [-0.1, -0.05) is 54.6 Å². The van der Waals surface area contributed by atoms with Crippen LogP contribution in [0.15, 0.2) is 78.3 Å². The molecule has 164 valence electrons. The van der Waals surface area contributed by atoms with Gasteiger partial charge in [-0.05, 0) is 53.4 Å². The molecular formula is C24H22N3O4S-. The van der Waals surface area contributed by atoms with Gasteiger partial charge in [0, 0.05) is 12.1 Å². The van der Waals surface area contributed by atoms with Gasteiger partial charge in [0.25, 0.3) is 5.91 Å². The van der Waals surface area contributed by atoms with E-state index in [9.17, 15) is 13.6 Å². The van der Waals surface area contributed by atoms with Gasteiger partial charge >= 0.3 is 0 Å². The highest BCUT2D eigenvalue weighted by Crippen LogP contribution is 2.39. The standard InChI is InChI=1S/C24H23N3O4S/c28-23(26-19(13-14-32(29)30)15-17-7-3-1-4-8-17)21-16-25-22(18-11-12-18)27-24(21)31-20-9-5-2-6-10-20/h1-10,13-14,16,18-19H,11-12,15H2,(H,26,28)(H,29,30)/p-1/b14-13-/t19-/m1/s1. The van der Waals surface area contributed by atoms with E-state index in [0.29, 0.717) is 23.9 Å². The molecule has 3 aromatic rings. The number of amides is 1. The summed E-state index contributed by atoms with van der Waals surface area (Å²) in [6.45, 7) is 0. The van der Waals surface area contributed by atoms with Crippen molar-refractivity contribution in [1.82, 2.24) is 15.3 Å². The van der Waals surface area contributed by atoms with Gasteiger partial charge in [0.05, 0.1) is 6.04 Å². The molecule has 0 spiro atoms. The molecule has 1 amide bonds. The van der Waals surface area contributed by atoms with Crippen molar-refractivity contribution < 1.29 is 18.3 Å². The fourth-order valence-corrected chi connectivity index (χ4v) is 3.51. The minimum absolute atomic E-state index is 0.181. The molecule has 2 aromatic carbocycles. The molecular weight excluding hydrogens is 426 g/mol. The second kappa shape index (κ2) is 10.3. The lowest BCUT2D eigenvalue weighted by Gasteiger charge is -2.17. The summed E-state index contributed by atoms with van der Waals surface area (Å²) < 4.78 is 28.0. The van der Waals surface area contributed by atoms with Gasteiger partial charge in [0.15, 0.2) is 0 Å². The molecule has 8 heteroatoms. The van der Waals surface area contributed by atoms with Crippen LogP contribution in [0, 0.1) is 0 Å². The lowest BCUT2D eigenvalue weighted by Crippen LogP contribution is -2.35. The Balaban J connectivity index is 1.58. The third kappa shape index (κ3) is 6.09. The van der Waals surface area contributed by atoms with Crippen LogP contribution in [-0.2, 0) is 17.5 Å². The zero-order valence-corrected chi connectivity index (χ0v) is 18.0. The quantitative estimate of drug-likeness (QED) is 0.498. The van der Waals surface area contributed by atoms with Crippen molar-refractivity contribution in [3.63, 3.8) is 0 Å². The first-order valence-corrected chi connectivity index (χ1v) is 11.4. The Morgan fingerprint density at radius 1 is 1.16 bits per heavy atom. The number of carbonyl (C=O) groups is 1. The Kier molecular flexibility index (Phi) is 7.03. The Labute approximate surface area is 188 Å². The summed E-state index contributed by atoms with van der Waals surface area (Å²) in [7, 11) is 0. The number of aromatic nitrogens is 2. The van der Waals surface area contributed by atoms with Gasteiger partial charge in [-0.3, -0.25) is 9.00 Å². The number of nitrogens with one attached hydrogen (secondary N) is 1. The maximum atomic E-state index is 13.1. The van der Waals surface area contributed by atoms with Crippen molar-refractivity contribution in [3.8, 4) is 11.6 Å². The molecule has 32 heavy (non-hydrogen) atoms. The molecule has 1 aliphatic carbocycles. The van der Waals surface area contributed by atoms with Gasteiger partial charge in [-0.2, -0.15) is 4.98 Å². The minimum Gasteiger partial charge on any atom is -0.769 e. The summed E-state index contributed by atoms with van der Waals surface area (Å²) in [5, 5.41) is 3.90. The number of rotatable bonds is 9. The number of hydrogen-bond donors (Lipinski definition) is 1. The van der Waals surface area contributed by atoms with E-state index in [4.69, 9.17) is 4.74 Å². The van der Waals surface area contributed by atoms with E-state index in [1.807, 2.05) is 48.5 Å². The first-order valence-electron chi connectivity index (χ1n) is 10.3. The number of carbonyl (C=O) groups excluding carboxylic acids is 1. The van der Waals surface area contributed by atoms with Crippen LogP contribution in [0.1, 0.15) is 40.5 Å². The predicted molar refractivity (Wildman–Crippen MR) is 120 cm³/mol. The molecule has 0 bridgehead atoms. The van der Waals surface area contributed by atoms with Crippen LogP contribution in [0.3, 0.4) is 0 Å². The summed E-state index contributed by atoms with van der Waals surface area (Å²) >= 11 is -2.37. The van der Waals surface area contributed by atoms with E-state index >= 15 is 0 Å². The number of nitrogens with zero attached hydrogens (tertiary/aromatic N) is 2. The van der Waals surface area contributed by atoms with Crippen LogP contribution in [0.25, 0.3) is 0 Å². The van der Waals surface area contributed by atoms with Gasteiger partial charge in [0.2, 0.25) is 5.88 Å². The molecule has 0 radical (unpaired) electrons. The third-order valence-electron chi connectivity index (χ3n) is 4.95. The van der Waals surface area contributed by atoms with E-state index in [2.05, 4.69) is 15.3 Å². The summed E-state index contributed by atoms with van der Waals surface area (Å²) in [6, 6.07) is 18.1. The van der Waals surface area contributed by atoms with E-state index in [1.54, 1.807) is 12.1 Å². The van der Waals surface area contributed by atoms with Gasteiger partial charge in [0.1, 0.15) is 17.1 Å². The Hall–Kier alpha value is -3.36. The number of para-hydroxylation sites is 1. The first-order chi connectivity index (χ1) is 15.6. The molecule has 1 aliphatic rings. The lowest BCUT2D eigenvalue weighted by molar-refractivity contribution is 0.0941. The van der Waals surface area contributed by atoms with Crippen molar-refractivity contribution in [2.75, 3.05) is 0 Å².